The van der Waals surface area contributed by atoms with Crippen molar-refractivity contribution in [1.29, 1.82) is 0 Å². The van der Waals surface area contributed by atoms with E-state index in [1.165, 1.54) is 0 Å². The monoisotopic (exact) mass is 115 g/mol. The molecule has 0 bridgehead atoms. The molecule has 3 nitrogen and oxygen atoms in total. The molecule has 45 valence electrons. The molecule has 0 fully saturated rings. The zero-order chi connectivity index (χ0) is 6.57. The van der Waals surface area contributed by atoms with E-state index in [-0.39, 0.29) is 6.42 Å². The minimum atomic E-state index is -1.79. The summed E-state index contributed by atoms with van der Waals surface area (Å²) in [6.07, 6.45) is -1.15. The maximum Gasteiger partial charge on any atom is 0.196 e. The molecule has 8 heavy (non-hydrogen) atoms. The standard InChI is InChI=1S/C5H7O3/c1-2-4(6)3-5(7)8/h2,5,7H,1,3H2. The molecule has 0 heterocycles. The van der Waals surface area contributed by atoms with Crippen LogP contribution in [0.2, 0.25) is 0 Å². The van der Waals surface area contributed by atoms with Gasteiger partial charge in [0, 0.05) is 0 Å². The molecular formula is C5H7O3. The van der Waals surface area contributed by atoms with Gasteiger partial charge in [-0.05, 0) is 6.08 Å². The second kappa shape index (κ2) is 3.35. The maximum absolute atomic E-state index is 10.1. The lowest BCUT2D eigenvalue weighted by atomic mass is 10.3. The van der Waals surface area contributed by atoms with E-state index < -0.39 is 12.1 Å². The molecule has 0 rings (SSSR count). The fourth-order valence-corrected chi connectivity index (χ4v) is 0.255. The van der Waals surface area contributed by atoms with Crippen molar-refractivity contribution in [3.05, 3.63) is 12.7 Å². The molecular weight excluding hydrogens is 108 g/mol. The minimum Gasteiger partial charge on any atom is -0.365 e. The van der Waals surface area contributed by atoms with Crippen LogP contribution in [0.1, 0.15) is 6.42 Å². The van der Waals surface area contributed by atoms with Gasteiger partial charge in [-0.1, -0.05) is 6.58 Å². The first kappa shape index (κ1) is 7.33. The van der Waals surface area contributed by atoms with Crippen LogP contribution in [0.15, 0.2) is 12.7 Å². The molecule has 1 radical (unpaired) electrons. The second-order valence-corrected chi connectivity index (χ2v) is 1.33. The van der Waals surface area contributed by atoms with E-state index in [4.69, 9.17) is 5.11 Å². The average Bonchev–Trinajstić information content (AvgIpc) is 1.65. The van der Waals surface area contributed by atoms with Crippen molar-refractivity contribution in [2.45, 2.75) is 12.7 Å². The Bertz CT molecular complexity index is 95.8. The first-order chi connectivity index (χ1) is 3.66. The number of carbonyl (C=O) groups is 1. The van der Waals surface area contributed by atoms with Crippen LogP contribution in [0.3, 0.4) is 0 Å². The minimum absolute atomic E-state index is 0.372. The fraction of sp³-hybridized carbons (Fsp3) is 0.400. The van der Waals surface area contributed by atoms with Gasteiger partial charge in [0.05, 0.1) is 6.42 Å². The number of hydrogen-bond donors (Lipinski definition) is 1. The number of aliphatic hydroxyl groups excluding tert-OH is 1. The Hall–Kier alpha value is -0.670. The van der Waals surface area contributed by atoms with Crippen molar-refractivity contribution >= 4 is 5.78 Å². The van der Waals surface area contributed by atoms with Crippen molar-refractivity contribution in [3.8, 4) is 0 Å². The summed E-state index contributed by atoms with van der Waals surface area (Å²) in [5, 5.41) is 17.8. The van der Waals surface area contributed by atoms with Gasteiger partial charge in [-0.2, -0.15) is 0 Å². The Labute approximate surface area is 47.3 Å². The average molecular weight is 115 g/mol. The van der Waals surface area contributed by atoms with Gasteiger partial charge in [-0.25, -0.2) is 5.11 Å². The predicted octanol–water partition coefficient (Wildman–Crippen LogP) is -0.120. The normalized spacial score (nSPS) is 9.38. The SMILES string of the molecule is C=CC(=O)CC([O])O. The Kier molecular flexibility index (Phi) is 3.07. The Balaban J connectivity index is 3.39. The first-order valence-corrected chi connectivity index (χ1v) is 2.16. The Morgan fingerprint density at radius 3 is 2.50 bits per heavy atom. The van der Waals surface area contributed by atoms with Crippen LogP contribution in [-0.4, -0.2) is 17.2 Å². The zero-order valence-electron chi connectivity index (χ0n) is 4.33. The Morgan fingerprint density at radius 2 is 2.38 bits per heavy atom. The van der Waals surface area contributed by atoms with Crippen LogP contribution in [0, 0.1) is 0 Å². The van der Waals surface area contributed by atoms with E-state index in [0.717, 1.165) is 6.08 Å². The third-order valence-electron chi connectivity index (χ3n) is 0.603. The highest BCUT2D eigenvalue weighted by Crippen LogP contribution is 1.88. The largest absolute Gasteiger partial charge is 0.365 e. The molecule has 0 aromatic rings. The summed E-state index contributed by atoms with van der Waals surface area (Å²) in [6.45, 7) is 3.11. The summed E-state index contributed by atoms with van der Waals surface area (Å²) < 4.78 is 0. The number of carbonyl (C=O) groups excluding carboxylic acids is 1. The molecule has 0 aromatic heterocycles. The molecule has 1 atom stereocenters. The lowest BCUT2D eigenvalue weighted by molar-refractivity contribution is -0.130. The summed E-state index contributed by atoms with van der Waals surface area (Å²) in [7, 11) is 0. The molecule has 0 aliphatic carbocycles. The van der Waals surface area contributed by atoms with E-state index in [1.807, 2.05) is 0 Å². The van der Waals surface area contributed by atoms with Gasteiger partial charge in [0.2, 0.25) is 0 Å². The van der Waals surface area contributed by atoms with Gasteiger partial charge in [-0.3, -0.25) is 4.79 Å². The highest BCUT2D eigenvalue weighted by molar-refractivity contribution is 5.89. The number of rotatable bonds is 3. The molecule has 1 N–H and O–H groups in total. The lowest BCUT2D eigenvalue weighted by Gasteiger charge is -1.92. The van der Waals surface area contributed by atoms with E-state index in [0.29, 0.717) is 0 Å². The summed E-state index contributed by atoms with van der Waals surface area (Å²) in [5.74, 6) is -0.424. The molecule has 0 saturated carbocycles. The first-order valence-electron chi connectivity index (χ1n) is 2.16. The van der Waals surface area contributed by atoms with Crippen molar-refractivity contribution in [2.75, 3.05) is 0 Å². The van der Waals surface area contributed by atoms with Crippen LogP contribution < -0.4 is 0 Å². The highest BCUT2D eigenvalue weighted by atomic mass is 16.5. The molecule has 1 unspecified atom stereocenters. The van der Waals surface area contributed by atoms with Crippen molar-refractivity contribution in [1.82, 2.24) is 0 Å². The van der Waals surface area contributed by atoms with Gasteiger partial charge in [0.1, 0.15) is 0 Å². The molecule has 0 spiro atoms. The van der Waals surface area contributed by atoms with Gasteiger partial charge < -0.3 is 5.11 Å². The molecule has 3 heteroatoms. The van der Waals surface area contributed by atoms with Gasteiger partial charge in [-0.15, -0.1) is 0 Å². The van der Waals surface area contributed by atoms with Crippen LogP contribution in [0.4, 0.5) is 0 Å². The topological polar surface area (TPSA) is 57.2 Å². The zero-order valence-corrected chi connectivity index (χ0v) is 4.33. The Morgan fingerprint density at radius 1 is 1.88 bits per heavy atom. The van der Waals surface area contributed by atoms with Crippen molar-refractivity contribution in [3.63, 3.8) is 0 Å². The van der Waals surface area contributed by atoms with E-state index >= 15 is 0 Å². The third-order valence-corrected chi connectivity index (χ3v) is 0.603. The molecule has 0 aliphatic rings. The van der Waals surface area contributed by atoms with Crippen LogP contribution in [0.5, 0.6) is 0 Å². The van der Waals surface area contributed by atoms with Gasteiger partial charge >= 0.3 is 0 Å². The van der Waals surface area contributed by atoms with Gasteiger partial charge in [0.15, 0.2) is 12.1 Å². The molecule has 0 aliphatic heterocycles. The number of allylic oxidation sites excluding steroid dienone is 1. The summed E-state index contributed by atoms with van der Waals surface area (Å²) in [6, 6.07) is 0. The van der Waals surface area contributed by atoms with Crippen molar-refractivity contribution < 1.29 is 15.0 Å². The quantitative estimate of drug-likeness (QED) is 0.411. The predicted molar refractivity (Wildman–Crippen MR) is 26.5 cm³/mol. The molecule has 0 amide bonds. The van der Waals surface area contributed by atoms with E-state index in [1.54, 1.807) is 0 Å². The van der Waals surface area contributed by atoms with Crippen molar-refractivity contribution in [2.24, 2.45) is 0 Å². The second-order valence-electron chi connectivity index (χ2n) is 1.33. The smallest absolute Gasteiger partial charge is 0.196 e. The van der Waals surface area contributed by atoms with Crippen LogP contribution >= 0.6 is 0 Å². The van der Waals surface area contributed by atoms with Crippen LogP contribution in [0.25, 0.3) is 0 Å². The molecule has 0 saturated heterocycles. The van der Waals surface area contributed by atoms with Gasteiger partial charge in [0.25, 0.3) is 0 Å². The maximum atomic E-state index is 10.1. The third kappa shape index (κ3) is 3.52. The highest BCUT2D eigenvalue weighted by Gasteiger charge is 2.03. The van der Waals surface area contributed by atoms with E-state index in [2.05, 4.69) is 6.58 Å². The molecule has 0 aromatic carbocycles. The summed E-state index contributed by atoms with van der Waals surface area (Å²) >= 11 is 0. The number of hydrogen-bond acceptors (Lipinski definition) is 2. The lowest BCUT2D eigenvalue weighted by Crippen LogP contribution is -2.07. The summed E-state index contributed by atoms with van der Waals surface area (Å²) in [4.78, 5) is 10.1. The number of aliphatic hydroxyl groups is 1. The van der Waals surface area contributed by atoms with E-state index in [9.17, 15) is 9.90 Å². The summed E-state index contributed by atoms with van der Waals surface area (Å²) in [5.41, 5.74) is 0. The fourth-order valence-electron chi connectivity index (χ4n) is 0.255. The van der Waals surface area contributed by atoms with Crippen LogP contribution in [-0.2, 0) is 9.90 Å². The number of ketones is 1.